The summed E-state index contributed by atoms with van der Waals surface area (Å²) in [5.74, 6) is -0.0850. The molecule has 6 nitrogen and oxygen atoms in total. The van der Waals surface area contributed by atoms with Crippen molar-refractivity contribution in [2.45, 2.75) is 6.17 Å². The summed E-state index contributed by atoms with van der Waals surface area (Å²) < 4.78 is 7.14. The van der Waals surface area contributed by atoms with E-state index in [0.717, 1.165) is 5.69 Å². The highest BCUT2D eigenvalue weighted by Crippen LogP contribution is 2.34. The average molecular weight is 395 g/mol. The molecule has 28 heavy (non-hydrogen) atoms. The van der Waals surface area contributed by atoms with Crippen LogP contribution in [0.4, 0.5) is 11.4 Å². The Kier molecular flexibility index (Phi) is 5.04. The van der Waals surface area contributed by atoms with Crippen molar-refractivity contribution in [2.75, 3.05) is 17.4 Å². The molecule has 1 N–H and O–H groups in total. The van der Waals surface area contributed by atoms with Crippen LogP contribution in [0.25, 0.3) is 0 Å². The van der Waals surface area contributed by atoms with Crippen LogP contribution >= 0.6 is 11.6 Å². The van der Waals surface area contributed by atoms with Crippen molar-refractivity contribution in [2.24, 2.45) is 11.0 Å². The number of nitrogens with zero attached hydrogens (tertiary/aromatic N) is 3. The maximum atomic E-state index is 13.0. The number of methoxy groups -OCH3 is 1. The summed E-state index contributed by atoms with van der Waals surface area (Å²) in [6.45, 7) is 0. The second-order valence-corrected chi connectivity index (χ2v) is 6.76. The Balaban J connectivity index is 1.60. The number of hydrogen-bond acceptors (Lipinski definition) is 4. The highest BCUT2D eigenvalue weighted by atomic mass is 35.5. The van der Waals surface area contributed by atoms with E-state index in [9.17, 15) is 4.79 Å². The first-order valence-electron chi connectivity index (χ1n) is 8.82. The largest absolute Gasteiger partial charge is 0.495 e. The van der Waals surface area contributed by atoms with Gasteiger partial charge in [0.25, 0.3) is 0 Å². The third-order valence-electron chi connectivity index (χ3n) is 4.60. The summed E-state index contributed by atoms with van der Waals surface area (Å²) in [6.07, 6.45) is 5.24. The number of para-hydroxylation sites is 1. The van der Waals surface area contributed by atoms with Gasteiger partial charge in [0.2, 0.25) is 5.91 Å². The molecule has 2 aromatic carbocycles. The third kappa shape index (κ3) is 3.46. The van der Waals surface area contributed by atoms with Gasteiger partial charge < -0.3 is 14.6 Å². The molecule has 2 atom stereocenters. The monoisotopic (exact) mass is 394 g/mol. The zero-order valence-corrected chi connectivity index (χ0v) is 16.0. The van der Waals surface area contributed by atoms with Crippen molar-refractivity contribution < 1.29 is 9.53 Å². The van der Waals surface area contributed by atoms with Crippen LogP contribution in [0.2, 0.25) is 5.02 Å². The van der Waals surface area contributed by atoms with Gasteiger partial charge in [-0.05, 0) is 42.5 Å². The van der Waals surface area contributed by atoms with Crippen LogP contribution < -0.4 is 15.1 Å². The summed E-state index contributed by atoms with van der Waals surface area (Å²) in [5, 5.41) is 9.73. The van der Waals surface area contributed by atoms with Crippen LogP contribution in [-0.4, -0.2) is 23.8 Å². The first kappa shape index (κ1) is 18.1. The van der Waals surface area contributed by atoms with Crippen molar-refractivity contribution in [3.63, 3.8) is 0 Å². The molecule has 4 rings (SSSR count). The van der Waals surface area contributed by atoms with Crippen LogP contribution in [0.1, 0.15) is 6.17 Å². The van der Waals surface area contributed by atoms with Gasteiger partial charge in [-0.2, -0.15) is 5.10 Å². The van der Waals surface area contributed by atoms with Crippen molar-refractivity contribution in [3.05, 3.63) is 78.1 Å². The Morgan fingerprint density at radius 1 is 1.11 bits per heavy atom. The molecule has 1 aliphatic heterocycles. The van der Waals surface area contributed by atoms with E-state index in [-0.39, 0.29) is 12.1 Å². The van der Waals surface area contributed by atoms with Crippen molar-refractivity contribution in [1.29, 1.82) is 0 Å². The molecule has 7 heteroatoms. The predicted octanol–water partition coefficient (Wildman–Crippen LogP) is 4.41. The molecule has 0 fully saturated rings. The van der Waals surface area contributed by atoms with Gasteiger partial charge in [0.1, 0.15) is 17.8 Å². The molecule has 0 saturated carbocycles. The lowest BCUT2D eigenvalue weighted by molar-refractivity contribution is -0.118. The second-order valence-electron chi connectivity index (χ2n) is 6.35. The number of rotatable bonds is 5. The number of hydrogen-bond donors (Lipinski definition) is 1. The average Bonchev–Trinajstić information content (AvgIpc) is 3.38. The Morgan fingerprint density at radius 2 is 1.86 bits per heavy atom. The number of carbonyl (C=O) groups excluding carboxylic acids is 1. The maximum absolute atomic E-state index is 13.0. The highest BCUT2D eigenvalue weighted by molar-refractivity contribution is 6.32. The zero-order chi connectivity index (χ0) is 19.5. The molecule has 1 aromatic heterocycles. The van der Waals surface area contributed by atoms with Crippen LogP contribution in [0.5, 0.6) is 5.75 Å². The molecule has 1 aliphatic rings. The molecule has 0 aliphatic carbocycles. The van der Waals surface area contributed by atoms with Gasteiger partial charge in [-0.1, -0.05) is 29.8 Å². The molecular weight excluding hydrogens is 376 g/mol. The fraction of sp³-hybridized carbons (Fsp3) is 0.143. The number of ether oxygens (including phenoxy) is 1. The third-order valence-corrected chi connectivity index (χ3v) is 4.89. The Morgan fingerprint density at radius 3 is 2.54 bits per heavy atom. The molecule has 0 spiro atoms. The SMILES string of the molecule is COc1ccc(NC(=O)C2C=NN(c3ccccc3)C2n2cccc2)cc1Cl. The normalized spacial score (nSPS) is 18.3. The quantitative estimate of drug-likeness (QED) is 0.697. The summed E-state index contributed by atoms with van der Waals surface area (Å²) in [4.78, 5) is 13.0. The zero-order valence-electron chi connectivity index (χ0n) is 15.2. The van der Waals surface area contributed by atoms with Crippen molar-refractivity contribution in [3.8, 4) is 5.75 Å². The van der Waals surface area contributed by atoms with Crippen LogP contribution in [0.15, 0.2) is 78.2 Å². The van der Waals surface area contributed by atoms with E-state index in [1.807, 2.05) is 64.4 Å². The molecule has 0 bridgehead atoms. The van der Waals surface area contributed by atoms with E-state index >= 15 is 0 Å². The number of anilines is 2. The lowest BCUT2D eigenvalue weighted by Gasteiger charge is -2.28. The fourth-order valence-electron chi connectivity index (χ4n) is 3.25. The Bertz CT molecular complexity index is 989. The molecule has 1 amide bonds. The summed E-state index contributed by atoms with van der Waals surface area (Å²) in [5.41, 5.74) is 1.52. The van der Waals surface area contributed by atoms with Gasteiger partial charge in [-0.15, -0.1) is 0 Å². The lowest BCUT2D eigenvalue weighted by Crippen LogP contribution is -2.35. The fourth-order valence-corrected chi connectivity index (χ4v) is 3.51. The summed E-state index contributed by atoms with van der Waals surface area (Å²) in [6, 6.07) is 18.8. The topological polar surface area (TPSA) is 58.9 Å². The molecule has 2 unspecified atom stereocenters. The van der Waals surface area contributed by atoms with E-state index in [1.54, 1.807) is 31.5 Å². The van der Waals surface area contributed by atoms with E-state index in [0.29, 0.717) is 16.5 Å². The number of benzene rings is 2. The highest BCUT2D eigenvalue weighted by Gasteiger charge is 2.37. The second kappa shape index (κ2) is 7.78. The standard InChI is InChI=1S/C21H19ClN4O2/c1-28-19-10-9-15(13-18(19)22)24-20(27)17-14-23-26(16-7-3-2-4-8-16)21(17)25-11-5-6-12-25/h2-14,17,21H,1H3,(H,24,27). The van der Waals surface area contributed by atoms with Gasteiger partial charge >= 0.3 is 0 Å². The van der Waals surface area contributed by atoms with Crippen molar-refractivity contribution >= 4 is 35.1 Å². The van der Waals surface area contributed by atoms with Gasteiger partial charge in [0.05, 0.1) is 17.8 Å². The Labute approximate surface area is 168 Å². The van der Waals surface area contributed by atoms with Crippen LogP contribution in [0, 0.1) is 5.92 Å². The number of hydrazone groups is 1. The minimum absolute atomic E-state index is 0.165. The summed E-state index contributed by atoms with van der Waals surface area (Å²) >= 11 is 6.17. The van der Waals surface area contributed by atoms with Gasteiger partial charge in [-0.3, -0.25) is 4.79 Å². The number of carbonyl (C=O) groups is 1. The first-order chi connectivity index (χ1) is 13.7. The minimum Gasteiger partial charge on any atom is -0.495 e. The molecular formula is C21H19ClN4O2. The molecule has 3 aromatic rings. The van der Waals surface area contributed by atoms with Crippen LogP contribution in [-0.2, 0) is 4.79 Å². The van der Waals surface area contributed by atoms with Gasteiger partial charge in [0, 0.05) is 24.3 Å². The van der Waals surface area contributed by atoms with Crippen molar-refractivity contribution in [1.82, 2.24) is 4.57 Å². The first-order valence-corrected chi connectivity index (χ1v) is 9.20. The smallest absolute Gasteiger partial charge is 0.237 e. The van der Waals surface area contributed by atoms with Crippen LogP contribution in [0.3, 0.4) is 0 Å². The number of halogens is 1. The van der Waals surface area contributed by atoms with E-state index < -0.39 is 5.92 Å². The predicted molar refractivity (Wildman–Crippen MR) is 111 cm³/mol. The molecule has 0 saturated heterocycles. The van der Waals surface area contributed by atoms with E-state index in [1.165, 1.54) is 0 Å². The maximum Gasteiger partial charge on any atom is 0.237 e. The molecule has 2 heterocycles. The Hall–Kier alpha value is -3.25. The summed E-state index contributed by atoms with van der Waals surface area (Å²) in [7, 11) is 1.55. The molecule has 0 radical (unpaired) electrons. The van der Waals surface area contributed by atoms with Gasteiger partial charge in [0.15, 0.2) is 0 Å². The van der Waals surface area contributed by atoms with E-state index in [4.69, 9.17) is 16.3 Å². The van der Waals surface area contributed by atoms with E-state index in [2.05, 4.69) is 10.4 Å². The molecule has 142 valence electrons. The number of amides is 1. The minimum atomic E-state index is -0.478. The van der Waals surface area contributed by atoms with Gasteiger partial charge in [-0.25, -0.2) is 5.01 Å². The number of nitrogens with one attached hydrogen (secondary N) is 1. The number of aromatic nitrogens is 1. The lowest BCUT2D eigenvalue weighted by atomic mass is 10.1.